The molecule has 2 rings (SSSR count). The van der Waals surface area contributed by atoms with Crippen LogP contribution in [-0.2, 0) is 4.79 Å². The van der Waals surface area contributed by atoms with Crippen LogP contribution in [0.4, 0.5) is 0 Å². The third-order valence-electron chi connectivity index (χ3n) is 3.69. The first-order chi connectivity index (χ1) is 6.82. The zero-order valence-electron chi connectivity index (χ0n) is 10.3. The lowest BCUT2D eigenvalue weighted by molar-refractivity contribution is -0.135. The van der Waals surface area contributed by atoms with Crippen molar-refractivity contribution in [2.45, 2.75) is 39.7 Å². The Kier molecular flexibility index (Phi) is 2.34. The number of hydrogen-bond donors (Lipinski definition) is 1. The molecule has 1 unspecified atom stereocenters. The molecule has 1 saturated carbocycles. The Labute approximate surface area is 92.2 Å². The molecule has 0 radical (unpaired) electrons. The van der Waals surface area contributed by atoms with Crippen LogP contribution >= 0.6 is 0 Å². The van der Waals surface area contributed by atoms with Crippen molar-refractivity contribution >= 4 is 5.91 Å². The molecule has 1 heterocycles. The Morgan fingerprint density at radius 2 is 1.93 bits per heavy atom. The maximum absolute atomic E-state index is 12.2. The first-order valence-corrected chi connectivity index (χ1v) is 5.86. The molecular weight excluding hydrogens is 188 g/mol. The van der Waals surface area contributed by atoms with Gasteiger partial charge in [-0.05, 0) is 25.7 Å². The topological polar surface area (TPSA) is 32.3 Å². The SMILES string of the molecule is CC1(C)CN(C(=O)C2CC2(C)C)CCN1. The molecule has 1 aliphatic heterocycles. The van der Waals surface area contributed by atoms with Crippen molar-refractivity contribution in [3.63, 3.8) is 0 Å². The lowest BCUT2D eigenvalue weighted by Crippen LogP contribution is -2.58. The number of carbonyl (C=O) groups is 1. The Morgan fingerprint density at radius 1 is 1.33 bits per heavy atom. The lowest BCUT2D eigenvalue weighted by atomic mass is 10.0. The van der Waals surface area contributed by atoms with Crippen LogP contribution in [0.5, 0.6) is 0 Å². The van der Waals surface area contributed by atoms with Gasteiger partial charge in [0.05, 0.1) is 0 Å². The van der Waals surface area contributed by atoms with Crippen molar-refractivity contribution in [1.82, 2.24) is 10.2 Å². The summed E-state index contributed by atoms with van der Waals surface area (Å²) in [5, 5.41) is 3.43. The number of carbonyl (C=O) groups excluding carboxylic acids is 1. The summed E-state index contributed by atoms with van der Waals surface area (Å²) in [6, 6.07) is 0. The van der Waals surface area contributed by atoms with E-state index in [9.17, 15) is 4.79 Å². The highest BCUT2D eigenvalue weighted by Gasteiger charge is 2.52. The fraction of sp³-hybridized carbons (Fsp3) is 0.917. The minimum absolute atomic E-state index is 0.0763. The maximum atomic E-state index is 12.2. The van der Waals surface area contributed by atoms with Crippen molar-refractivity contribution in [2.24, 2.45) is 11.3 Å². The Bertz CT molecular complexity index is 283. The molecule has 2 aliphatic rings. The second-order valence-corrected chi connectivity index (χ2v) is 6.32. The fourth-order valence-electron chi connectivity index (χ4n) is 2.44. The van der Waals surface area contributed by atoms with Crippen LogP contribution in [0.25, 0.3) is 0 Å². The summed E-state index contributed by atoms with van der Waals surface area (Å²) in [6.07, 6.45) is 1.07. The minimum atomic E-state index is 0.0763. The Morgan fingerprint density at radius 3 is 2.40 bits per heavy atom. The number of piperazine rings is 1. The van der Waals surface area contributed by atoms with E-state index in [2.05, 4.69) is 33.0 Å². The van der Waals surface area contributed by atoms with Crippen LogP contribution in [0.2, 0.25) is 0 Å². The predicted octanol–water partition coefficient (Wildman–Crippen LogP) is 1.24. The molecule has 0 bridgehead atoms. The van der Waals surface area contributed by atoms with Gasteiger partial charge in [0.1, 0.15) is 0 Å². The van der Waals surface area contributed by atoms with E-state index in [-0.39, 0.29) is 16.9 Å². The predicted molar refractivity (Wildman–Crippen MR) is 60.5 cm³/mol. The third kappa shape index (κ3) is 2.17. The van der Waals surface area contributed by atoms with E-state index >= 15 is 0 Å². The fourth-order valence-corrected chi connectivity index (χ4v) is 2.44. The van der Waals surface area contributed by atoms with E-state index in [1.54, 1.807) is 0 Å². The third-order valence-corrected chi connectivity index (χ3v) is 3.69. The van der Waals surface area contributed by atoms with Gasteiger partial charge in [0, 0.05) is 31.1 Å². The summed E-state index contributed by atoms with van der Waals surface area (Å²) in [7, 11) is 0. The number of nitrogens with zero attached hydrogens (tertiary/aromatic N) is 1. The number of hydrogen-bond acceptors (Lipinski definition) is 2. The molecular formula is C12H22N2O. The number of nitrogens with one attached hydrogen (secondary N) is 1. The van der Waals surface area contributed by atoms with Crippen LogP contribution in [0.15, 0.2) is 0 Å². The molecule has 0 spiro atoms. The van der Waals surface area contributed by atoms with Gasteiger partial charge in [-0.1, -0.05) is 13.8 Å². The molecule has 0 aromatic carbocycles. The van der Waals surface area contributed by atoms with Gasteiger partial charge in [0.25, 0.3) is 0 Å². The normalized spacial score (nSPS) is 32.5. The number of amides is 1. The Hall–Kier alpha value is -0.570. The maximum Gasteiger partial charge on any atom is 0.226 e. The molecule has 1 saturated heterocycles. The Balaban J connectivity index is 1.97. The summed E-state index contributed by atoms with van der Waals surface area (Å²) >= 11 is 0. The highest BCUT2D eigenvalue weighted by molar-refractivity contribution is 5.82. The summed E-state index contributed by atoms with van der Waals surface area (Å²) in [4.78, 5) is 14.2. The molecule has 1 N–H and O–H groups in total. The van der Waals surface area contributed by atoms with Gasteiger partial charge in [0.2, 0.25) is 5.91 Å². The number of rotatable bonds is 1. The van der Waals surface area contributed by atoms with Crippen LogP contribution in [0.3, 0.4) is 0 Å². The van der Waals surface area contributed by atoms with Gasteiger partial charge in [-0.3, -0.25) is 4.79 Å². The van der Waals surface area contributed by atoms with Crippen LogP contribution in [0, 0.1) is 11.3 Å². The van der Waals surface area contributed by atoms with Gasteiger partial charge >= 0.3 is 0 Å². The quantitative estimate of drug-likeness (QED) is 0.706. The standard InChI is InChI=1S/C12H22N2O/c1-11(2)7-9(11)10(15)14-6-5-13-12(3,4)8-14/h9,13H,5-8H2,1-4H3. The van der Waals surface area contributed by atoms with Crippen LogP contribution in [0.1, 0.15) is 34.1 Å². The largest absolute Gasteiger partial charge is 0.339 e. The summed E-state index contributed by atoms with van der Waals surface area (Å²) in [5.41, 5.74) is 0.332. The van der Waals surface area contributed by atoms with Gasteiger partial charge in [-0.2, -0.15) is 0 Å². The summed E-state index contributed by atoms with van der Waals surface area (Å²) < 4.78 is 0. The molecule has 2 fully saturated rings. The highest BCUT2D eigenvalue weighted by atomic mass is 16.2. The highest BCUT2D eigenvalue weighted by Crippen LogP contribution is 2.52. The van der Waals surface area contributed by atoms with Crippen LogP contribution < -0.4 is 5.32 Å². The van der Waals surface area contributed by atoms with Crippen molar-refractivity contribution in [2.75, 3.05) is 19.6 Å². The van der Waals surface area contributed by atoms with Gasteiger partial charge < -0.3 is 10.2 Å². The summed E-state index contributed by atoms with van der Waals surface area (Å²) in [6.45, 7) is 11.3. The lowest BCUT2D eigenvalue weighted by Gasteiger charge is -2.39. The van der Waals surface area contributed by atoms with E-state index in [1.165, 1.54) is 0 Å². The average Bonchev–Trinajstić information content (AvgIpc) is 2.72. The van der Waals surface area contributed by atoms with E-state index < -0.39 is 0 Å². The second kappa shape index (κ2) is 3.21. The van der Waals surface area contributed by atoms with Crippen molar-refractivity contribution in [3.05, 3.63) is 0 Å². The molecule has 86 valence electrons. The van der Waals surface area contributed by atoms with Crippen molar-refractivity contribution in [1.29, 1.82) is 0 Å². The van der Waals surface area contributed by atoms with E-state index in [1.807, 2.05) is 4.90 Å². The van der Waals surface area contributed by atoms with Gasteiger partial charge in [0.15, 0.2) is 0 Å². The van der Waals surface area contributed by atoms with E-state index in [0.717, 1.165) is 26.1 Å². The molecule has 1 atom stereocenters. The smallest absolute Gasteiger partial charge is 0.226 e. The van der Waals surface area contributed by atoms with Crippen molar-refractivity contribution < 1.29 is 4.79 Å². The first kappa shape index (κ1) is 10.9. The zero-order valence-corrected chi connectivity index (χ0v) is 10.3. The zero-order chi connectivity index (χ0) is 11.3. The van der Waals surface area contributed by atoms with Crippen molar-refractivity contribution in [3.8, 4) is 0 Å². The van der Waals surface area contributed by atoms with E-state index in [0.29, 0.717) is 5.91 Å². The van der Waals surface area contributed by atoms with Gasteiger partial charge in [-0.15, -0.1) is 0 Å². The average molecular weight is 210 g/mol. The molecule has 1 aliphatic carbocycles. The van der Waals surface area contributed by atoms with Gasteiger partial charge in [-0.25, -0.2) is 0 Å². The molecule has 0 aromatic rings. The minimum Gasteiger partial charge on any atom is -0.339 e. The summed E-state index contributed by atoms with van der Waals surface area (Å²) in [5.74, 6) is 0.654. The van der Waals surface area contributed by atoms with E-state index in [4.69, 9.17) is 0 Å². The molecule has 3 heteroatoms. The molecule has 15 heavy (non-hydrogen) atoms. The molecule has 0 aromatic heterocycles. The van der Waals surface area contributed by atoms with Crippen LogP contribution in [-0.4, -0.2) is 36.0 Å². The molecule has 3 nitrogen and oxygen atoms in total. The molecule has 1 amide bonds. The first-order valence-electron chi connectivity index (χ1n) is 5.86. The second-order valence-electron chi connectivity index (χ2n) is 6.32. The monoisotopic (exact) mass is 210 g/mol.